The van der Waals surface area contributed by atoms with Crippen LogP contribution in [-0.4, -0.2) is 30.0 Å². The number of amides is 1. The number of nitrogens with one attached hydrogen (secondary N) is 1. The van der Waals surface area contributed by atoms with Crippen molar-refractivity contribution in [1.29, 1.82) is 0 Å². The Morgan fingerprint density at radius 3 is 2.86 bits per heavy atom. The van der Waals surface area contributed by atoms with Crippen LogP contribution >= 0.6 is 11.6 Å². The van der Waals surface area contributed by atoms with Crippen LogP contribution in [0.4, 0.5) is 5.82 Å². The average Bonchev–Trinajstić information content (AvgIpc) is 3.05. The van der Waals surface area contributed by atoms with E-state index in [9.17, 15) is 4.79 Å². The quantitative estimate of drug-likeness (QED) is 0.945. The Balaban J connectivity index is 1.88. The second kappa shape index (κ2) is 6.01. The van der Waals surface area contributed by atoms with Crippen LogP contribution in [0.2, 0.25) is 5.02 Å². The molecule has 1 aliphatic rings. The summed E-state index contributed by atoms with van der Waals surface area (Å²) < 4.78 is 5.76. The number of halogens is 1. The van der Waals surface area contributed by atoms with Crippen LogP contribution in [0.5, 0.6) is 0 Å². The summed E-state index contributed by atoms with van der Waals surface area (Å²) in [5.74, 6) is 2.52. The van der Waals surface area contributed by atoms with Crippen molar-refractivity contribution in [1.82, 2.24) is 10.3 Å². The third-order valence-corrected chi connectivity index (χ3v) is 4.17. The molecule has 1 amide bonds. The first-order valence-electron chi connectivity index (χ1n) is 7.23. The lowest BCUT2D eigenvalue weighted by Gasteiger charge is -2.18. The number of rotatable bonds is 3. The highest BCUT2D eigenvalue weighted by Gasteiger charge is 2.37. The fraction of sp³-hybridized carbons (Fsp3) is 0.375. The molecule has 1 fully saturated rings. The molecule has 0 unspecified atom stereocenters. The molecule has 0 saturated carbocycles. The predicted octanol–water partition coefficient (Wildman–Crippen LogP) is 2.74. The molecule has 116 valence electrons. The van der Waals surface area contributed by atoms with Crippen molar-refractivity contribution in [3.05, 3.63) is 47.0 Å². The molecule has 0 spiro atoms. The van der Waals surface area contributed by atoms with Gasteiger partial charge in [-0.15, -0.1) is 0 Å². The van der Waals surface area contributed by atoms with Crippen molar-refractivity contribution in [3.63, 3.8) is 0 Å². The van der Waals surface area contributed by atoms with Gasteiger partial charge in [0.2, 0.25) is 5.91 Å². The van der Waals surface area contributed by atoms with Crippen molar-refractivity contribution in [3.8, 4) is 0 Å². The minimum absolute atomic E-state index is 0.0267. The molecule has 1 saturated heterocycles. The van der Waals surface area contributed by atoms with Crippen molar-refractivity contribution in [2.75, 3.05) is 18.0 Å². The van der Waals surface area contributed by atoms with Crippen LogP contribution in [0, 0.1) is 6.92 Å². The second-order valence-electron chi connectivity index (χ2n) is 5.58. The molecule has 0 aromatic carbocycles. The Morgan fingerprint density at radius 1 is 1.41 bits per heavy atom. The van der Waals surface area contributed by atoms with Crippen LogP contribution in [0.1, 0.15) is 24.4 Å². The number of carbonyl (C=O) groups is 1. The zero-order chi connectivity index (χ0) is 15.7. The first-order chi connectivity index (χ1) is 10.5. The number of furan rings is 1. The van der Waals surface area contributed by atoms with E-state index in [4.69, 9.17) is 16.0 Å². The van der Waals surface area contributed by atoms with Crippen LogP contribution in [0.25, 0.3) is 0 Å². The Labute approximate surface area is 134 Å². The van der Waals surface area contributed by atoms with Gasteiger partial charge in [0.1, 0.15) is 17.3 Å². The summed E-state index contributed by atoms with van der Waals surface area (Å²) in [5, 5.41) is 3.62. The molecular weight excluding hydrogens is 302 g/mol. The fourth-order valence-corrected chi connectivity index (χ4v) is 3.18. The van der Waals surface area contributed by atoms with E-state index in [1.807, 2.05) is 25.1 Å². The molecular formula is C16H18ClN3O2. The normalized spacial score (nSPS) is 21.1. The summed E-state index contributed by atoms with van der Waals surface area (Å²) in [6.07, 6.45) is 1.72. The Morgan fingerprint density at radius 2 is 2.23 bits per heavy atom. The summed E-state index contributed by atoms with van der Waals surface area (Å²) in [4.78, 5) is 17.9. The third-order valence-electron chi connectivity index (χ3n) is 3.87. The number of anilines is 1. The molecule has 1 N–H and O–H groups in total. The third kappa shape index (κ3) is 2.95. The topological polar surface area (TPSA) is 58.4 Å². The number of hydrogen-bond donors (Lipinski definition) is 1. The summed E-state index contributed by atoms with van der Waals surface area (Å²) in [6, 6.07) is 7.51. The summed E-state index contributed by atoms with van der Waals surface area (Å²) in [5.41, 5.74) is 0. The van der Waals surface area contributed by atoms with Gasteiger partial charge in [-0.1, -0.05) is 11.6 Å². The minimum atomic E-state index is -0.0488. The number of aryl methyl sites for hydroxylation is 1. The standard InChI is InChI=1S/C16H18ClN3O2/c1-10-5-6-15(22-10)12-8-20(9-14(12)19-11(2)21)16-13(17)4-3-7-18-16/h3-7,12,14H,8-9H2,1-2H3,(H,19,21)/t12-,14-/m1/s1. The van der Waals surface area contributed by atoms with E-state index in [1.54, 1.807) is 12.3 Å². The molecule has 0 radical (unpaired) electrons. The molecule has 0 bridgehead atoms. The lowest BCUT2D eigenvalue weighted by atomic mass is 10.0. The first kappa shape index (κ1) is 14.9. The maximum absolute atomic E-state index is 11.5. The SMILES string of the molecule is CC(=O)N[C@@H]1CN(c2ncccc2Cl)C[C@H]1c1ccc(C)o1. The average molecular weight is 320 g/mol. The molecule has 6 heteroatoms. The zero-order valence-electron chi connectivity index (χ0n) is 12.5. The van der Waals surface area contributed by atoms with Crippen molar-refractivity contribution >= 4 is 23.3 Å². The zero-order valence-corrected chi connectivity index (χ0v) is 13.3. The number of carbonyl (C=O) groups excluding carboxylic acids is 1. The summed E-state index contributed by atoms with van der Waals surface area (Å²) in [6.45, 7) is 4.80. The predicted molar refractivity (Wildman–Crippen MR) is 85.3 cm³/mol. The van der Waals surface area contributed by atoms with E-state index in [2.05, 4.69) is 15.2 Å². The number of pyridine rings is 1. The maximum Gasteiger partial charge on any atom is 0.217 e. The van der Waals surface area contributed by atoms with Crippen molar-refractivity contribution in [2.24, 2.45) is 0 Å². The van der Waals surface area contributed by atoms with Crippen LogP contribution < -0.4 is 10.2 Å². The molecule has 3 rings (SSSR count). The van der Waals surface area contributed by atoms with Gasteiger partial charge in [0.15, 0.2) is 0 Å². The molecule has 2 atom stereocenters. The molecule has 2 aromatic rings. The van der Waals surface area contributed by atoms with E-state index in [-0.39, 0.29) is 17.9 Å². The van der Waals surface area contributed by atoms with Crippen LogP contribution in [0.3, 0.4) is 0 Å². The Bertz CT molecular complexity index is 686. The van der Waals surface area contributed by atoms with Crippen molar-refractivity contribution in [2.45, 2.75) is 25.8 Å². The van der Waals surface area contributed by atoms with Gasteiger partial charge in [0, 0.05) is 26.2 Å². The Hall–Kier alpha value is -2.01. The van der Waals surface area contributed by atoms with Crippen LogP contribution in [0.15, 0.2) is 34.9 Å². The monoisotopic (exact) mass is 319 g/mol. The highest BCUT2D eigenvalue weighted by Crippen LogP contribution is 2.34. The van der Waals surface area contributed by atoms with Crippen molar-refractivity contribution < 1.29 is 9.21 Å². The second-order valence-corrected chi connectivity index (χ2v) is 5.98. The van der Waals surface area contributed by atoms with E-state index in [0.717, 1.165) is 17.3 Å². The smallest absolute Gasteiger partial charge is 0.217 e. The molecule has 2 aromatic heterocycles. The molecule has 0 aliphatic carbocycles. The van der Waals surface area contributed by atoms with E-state index in [0.29, 0.717) is 18.1 Å². The van der Waals surface area contributed by atoms with Crippen LogP contribution in [-0.2, 0) is 4.79 Å². The highest BCUT2D eigenvalue weighted by atomic mass is 35.5. The Kier molecular flexibility index (Phi) is 4.07. The first-order valence-corrected chi connectivity index (χ1v) is 7.61. The largest absolute Gasteiger partial charge is 0.466 e. The molecule has 5 nitrogen and oxygen atoms in total. The number of hydrogen-bond acceptors (Lipinski definition) is 4. The van der Waals surface area contributed by atoms with Gasteiger partial charge in [-0.2, -0.15) is 0 Å². The number of nitrogens with zero attached hydrogens (tertiary/aromatic N) is 2. The summed E-state index contributed by atoms with van der Waals surface area (Å²) >= 11 is 6.24. The van der Waals surface area contributed by atoms with Gasteiger partial charge in [0.25, 0.3) is 0 Å². The molecule has 3 heterocycles. The number of aromatic nitrogens is 1. The van der Waals surface area contributed by atoms with Gasteiger partial charge in [0.05, 0.1) is 17.0 Å². The van der Waals surface area contributed by atoms with Gasteiger partial charge >= 0.3 is 0 Å². The van der Waals surface area contributed by atoms with E-state index in [1.165, 1.54) is 6.92 Å². The molecule has 22 heavy (non-hydrogen) atoms. The van der Waals surface area contributed by atoms with Gasteiger partial charge in [-0.05, 0) is 31.2 Å². The minimum Gasteiger partial charge on any atom is -0.466 e. The van der Waals surface area contributed by atoms with Gasteiger partial charge < -0.3 is 14.6 Å². The fourth-order valence-electron chi connectivity index (χ4n) is 2.94. The lowest BCUT2D eigenvalue weighted by Crippen LogP contribution is -2.38. The molecule has 1 aliphatic heterocycles. The highest BCUT2D eigenvalue weighted by molar-refractivity contribution is 6.32. The van der Waals surface area contributed by atoms with E-state index < -0.39 is 0 Å². The van der Waals surface area contributed by atoms with Gasteiger partial charge in [-0.25, -0.2) is 4.98 Å². The lowest BCUT2D eigenvalue weighted by molar-refractivity contribution is -0.119. The van der Waals surface area contributed by atoms with Gasteiger partial charge in [-0.3, -0.25) is 4.79 Å². The summed E-state index contributed by atoms with van der Waals surface area (Å²) in [7, 11) is 0. The maximum atomic E-state index is 11.5. The van der Waals surface area contributed by atoms with E-state index >= 15 is 0 Å².